The zero-order valence-electron chi connectivity index (χ0n) is 15.5. The number of carbonyl (C=O) groups is 1. The van der Waals surface area contributed by atoms with Gasteiger partial charge in [-0.3, -0.25) is 14.7 Å². The van der Waals surface area contributed by atoms with Gasteiger partial charge in [0.1, 0.15) is 0 Å². The van der Waals surface area contributed by atoms with E-state index in [1.165, 1.54) is 30.8 Å². The Balaban J connectivity index is 1.27. The Morgan fingerprint density at radius 3 is 2.56 bits per heavy atom. The van der Waals surface area contributed by atoms with Gasteiger partial charge in [0, 0.05) is 44.2 Å². The average Bonchev–Trinajstić information content (AvgIpc) is 3.20. The van der Waals surface area contributed by atoms with Crippen molar-refractivity contribution in [2.45, 2.75) is 25.8 Å². The van der Waals surface area contributed by atoms with Gasteiger partial charge in [0.05, 0.1) is 5.56 Å². The van der Waals surface area contributed by atoms with Crippen LogP contribution < -0.4 is 4.73 Å². The van der Waals surface area contributed by atoms with Crippen LogP contribution in [0.25, 0.3) is 0 Å². The van der Waals surface area contributed by atoms with Gasteiger partial charge in [-0.15, -0.1) is 0 Å². The first-order chi connectivity index (χ1) is 13.2. The van der Waals surface area contributed by atoms with Crippen molar-refractivity contribution in [3.8, 4) is 0 Å². The molecule has 2 aliphatic rings. The number of rotatable bonds is 4. The summed E-state index contributed by atoms with van der Waals surface area (Å²) in [6.07, 6.45) is 10.0. The van der Waals surface area contributed by atoms with Crippen molar-refractivity contribution >= 4 is 5.91 Å². The lowest BCUT2D eigenvalue weighted by Gasteiger charge is -2.34. The molecule has 0 aromatic carbocycles. The number of nitrogens with zero attached hydrogens (tertiary/aromatic N) is 4. The highest BCUT2D eigenvalue weighted by Gasteiger charge is 2.34. The van der Waals surface area contributed by atoms with Gasteiger partial charge in [-0.05, 0) is 55.8 Å². The highest BCUT2D eigenvalue weighted by atomic mass is 16.5. The monoisotopic (exact) mass is 366 g/mol. The molecule has 0 radical (unpaired) electrons. The second kappa shape index (κ2) is 8.05. The topological polar surface area (TPSA) is 63.4 Å². The number of carbonyl (C=O) groups excluding carboxylic acids is 1. The molecule has 6 nitrogen and oxygen atoms in total. The summed E-state index contributed by atoms with van der Waals surface area (Å²) >= 11 is 0. The average molecular weight is 366 g/mol. The number of hydrogen-bond donors (Lipinski definition) is 0. The van der Waals surface area contributed by atoms with E-state index in [0.717, 1.165) is 39.1 Å². The van der Waals surface area contributed by atoms with Crippen molar-refractivity contribution in [3.63, 3.8) is 0 Å². The molecule has 4 rings (SSSR count). The Bertz CT molecular complexity index is 758. The molecule has 2 saturated heterocycles. The van der Waals surface area contributed by atoms with E-state index in [-0.39, 0.29) is 5.91 Å². The van der Waals surface area contributed by atoms with Gasteiger partial charge in [-0.2, -0.15) is 4.73 Å². The van der Waals surface area contributed by atoms with Crippen molar-refractivity contribution in [2.75, 3.05) is 26.2 Å². The van der Waals surface area contributed by atoms with Crippen LogP contribution in [0.4, 0.5) is 0 Å². The second-order valence-corrected chi connectivity index (χ2v) is 7.72. The first-order valence-electron chi connectivity index (χ1n) is 9.78. The summed E-state index contributed by atoms with van der Waals surface area (Å²) in [6.45, 7) is 4.88. The Morgan fingerprint density at radius 2 is 1.85 bits per heavy atom. The third-order valence-electron chi connectivity index (χ3n) is 5.99. The molecule has 4 heterocycles. The van der Waals surface area contributed by atoms with Gasteiger partial charge in [0.25, 0.3) is 5.91 Å². The van der Waals surface area contributed by atoms with Crippen LogP contribution in [0.2, 0.25) is 0 Å². The smallest absolute Gasteiger partial charge is 0.254 e. The zero-order valence-corrected chi connectivity index (χ0v) is 15.5. The van der Waals surface area contributed by atoms with Crippen molar-refractivity contribution in [1.82, 2.24) is 14.8 Å². The van der Waals surface area contributed by atoms with Gasteiger partial charge in [0.2, 0.25) is 0 Å². The maximum absolute atomic E-state index is 12.6. The van der Waals surface area contributed by atoms with Gasteiger partial charge < -0.3 is 10.1 Å². The molecule has 2 fully saturated rings. The fourth-order valence-corrected chi connectivity index (χ4v) is 4.43. The lowest BCUT2D eigenvalue weighted by molar-refractivity contribution is -0.605. The molecule has 0 spiro atoms. The van der Waals surface area contributed by atoms with E-state index in [2.05, 4.69) is 16.0 Å². The lowest BCUT2D eigenvalue weighted by atomic mass is 9.83. The summed E-state index contributed by atoms with van der Waals surface area (Å²) in [5.41, 5.74) is 1.88. The second-order valence-electron chi connectivity index (χ2n) is 7.72. The number of piperidine rings is 1. The van der Waals surface area contributed by atoms with E-state index in [4.69, 9.17) is 0 Å². The number of hydrogen-bond acceptors (Lipinski definition) is 4. The molecule has 142 valence electrons. The first-order valence-corrected chi connectivity index (χ1v) is 9.78. The van der Waals surface area contributed by atoms with Crippen LogP contribution in [0.3, 0.4) is 0 Å². The van der Waals surface area contributed by atoms with Crippen LogP contribution in [0.5, 0.6) is 0 Å². The highest BCUT2D eigenvalue weighted by Crippen LogP contribution is 2.32. The van der Waals surface area contributed by atoms with Crippen molar-refractivity contribution in [2.24, 2.45) is 11.8 Å². The lowest BCUT2D eigenvalue weighted by Crippen LogP contribution is -2.37. The van der Waals surface area contributed by atoms with Crippen molar-refractivity contribution in [1.29, 1.82) is 0 Å². The minimum atomic E-state index is 0.0483. The molecule has 27 heavy (non-hydrogen) atoms. The predicted molar refractivity (Wildman–Crippen MR) is 102 cm³/mol. The summed E-state index contributed by atoms with van der Waals surface area (Å²) in [7, 11) is 0. The van der Waals surface area contributed by atoms with E-state index in [1.807, 2.05) is 23.4 Å². The Morgan fingerprint density at radius 1 is 1.11 bits per heavy atom. The van der Waals surface area contributed by atoms with E-state index >= 15 is 0 Å². The van der Waals surface area contributed by atoms with Crippen molar-refractivity contribution in [3.05, 3.63) is 65.4 Å². The molecule has 6 heteroatoms. The predicted octanol–water partition coefficient (Wildman–Crippen LogP) is 2.09. The third-order valence-corrected chi connectivity index (χ3v) is 5.99. The molecule has 0 unspecified atom stereocenters. The molecule has 0 saturated carbocycles. The van der Waals surface area contributed by atoms with Crippen LogP contribution in [0.15, 0.2) is 49.1 Å². The fraction of sp³-hybridized carbons (Fsp3) is 0.476. The molecule has 0 bridgehead atoms. The summed E-state index contributed by atoms with van der Waals surface area (Å²) in [4.78, 5) is 21.3. The standard InChI is InChI=1S/C21H26N4O2/c26-21(19-6-12-25(27)13-7-19)24-11-5-20(16-24)18-3-9-23(10-4-18)15-17-2-1-8-22-14-17/h1-2,6-8,12-14,18,20H,3-5,9-11,15-16H2/t20-/m0/s1. The molecule has 2 aliphatic heterocycles. The molecule has 1 amide bonds. The van der Waals surface area contributed by atoms with Crippen LogP contribution in [0.1, 0.15) is 35.2 Å². The molecule has 2 aromatic rings. The third kappa shape index (κ3) is 4.27. The summed E-state index contributed by atoms with van der Waals surface area (Å²) in [5, 5.41) is 11.2. The number of likely N-dealkylation sites (tertiary alicyclic amines) is 2. The first kappa shape index (κ1) is 17.9. The van der Waals surface area contributed by atoms with E-state index in [9.17, 15) is 10.0 Å². The minimum Gasteiger partial charge on any atom is -0.619 e. The van der Waals surface area contributed by atoms with Gasteiger partial charge >= 0.3 is 0 Å². The van der Waals surface area contributed by atoms with E-state index in [0.29, 0.717) is 22.1 Å². The molecule has 2 aromatic heterocycles. The molecule has 1 atom stereocenters. The SMILES string of the molecule is O=C(c1cc[n+]([O-])cc1)N1CC[C@H](C2CCN(Cc3cccnc3)CC2)C1. The normalized spacial score (nSPS) is 21.5. The Labute approximate surface area is 160 Å². The molecular formula is C21H26N4O2. The Hall–Kier alpha value is -2.47. The minimum absolute atomic E-state index is 0.0483. The van der Waals surface area contributed by atoms with Gasteiger partial charge in [-0.1, -0.05) is 6.07 Å². The maximum atomic E-state index is 12.6. The van der Waals surface area contributed by atoms with E-state index in [1.54, 1.807) is 12.1 Å². The quantitative estimate of drug-likeness (QED) is 0.614. The van der Waals surface area contributed by atoms with Crippen LogP contribution >= 0.6 is 0 Å². The molecule has 0 N–H and O–H groups in total. The highest BCUT2D eigenvalue weighted by molar-refractivity contribution is 5.94. The maximum Gasteiger partial charge on any atom is 0.254 e. The zero-order chi connectivity index (χ0) is 18.6. The number of pyridine rings is 2. The summed E-state index contributed by atoms with van der Waals surface area (Å²) in [5.74, 6) is 1.35. The van der Waals surface area contributed by atoms with E-state index < -0.39 is 0 Å². The van der Waals surface area contributed by atoms with Gasteiger partial charge in [-0.25, -0.2) is 0 Å². The Kier molecular flexibility index (Phi) is 5.34. The fourth-order valence-electron chi connectivity index (χ4n) is 4.43. The van der Waals surface area contributed by atoms with Crippen LogP contribution in [-0.4, -0.2) is 46.9 Å². The van der Waals surface area contributed by atoms with Gasteiger partial charge in [0.15, 0.2) is 12.4 Å². The van der Waals surface area contributed by atoms with Crippen LogP contribution in [-0.2, 0) is 6.54 Å². The summed E-state index contributed by atoms with van der Waals surface area (Å²) in [6, 6.07) is 7.35. The molecular weight excluding hydrogens is 340 g/mol. The van der Waals surface area contributed by atoms with Crippen LogP contribution in [0, 0.1) is 17.0 Å². The van der Waals surface area contributed by atoms with Crippen molar-refractivity contribution < 1.29 is 9.52 Å². The largest absolute Gasteiger partial charge is 0.619 e. The number of amides is 1. The summed E-state index contributed by atoms with van der Waals surface area (Å²) < 4.78 is 0.711. The number of aromatic nitrogens is 2. The molecule has 0 aliphatic carbocycles.